The van der Waals surface area contributed by atoms with Crippen LogP contribution in [0.3, 0.4) is 0 Å². The number of nitrogens with zero attached hydrogens (tertiary/aromatic N) is 2. The Morgan fingerprint density at radius 2 is 1.86 bits per heavy atom. The predicted molar refractivity (Wildman–Crippen MR) is 41.6 cm³/mol. The average Bonchev–Trinajstić information content (AvgIpc) is 2.05. The van der Waals surface area contributed by atoms with Gasteiger partial charge in [0, 0.05) is 13.0 Å². The summed E-state index contributed by atoms with van der Waals surface area (Å²) in [5, 5.41) is 3.20. The average molecular weight is 214 g/mol. The van der Waals surface area contributed by atoms with Crippen LogP contribution in [0.25, 0.3) is 0 Å². The first-order valence-corrected chi connectivity index (χ1v) is 3.85. The van der Waals surface area contributed by atoms with E-state index >= 15 is 0 Å². The van der Waals surface area contributed by atoms with Gasteiger partial charge < -0.3 is 5.84 Å². The third-order valence-electron chi connectivity index (χ3n) is 1.92. The molecule has 4 N–H and O–H groups in total. The molecular weight excluding hydrogens is 204 g/mol. The highest BCUT2D eigenvalue weighted by atomic mass is 19.3. The molecule has 8 heteroatoms. The minimum absolute atomic E-state index is 0.404. The van der Waals surface area contributed by atoms with E-state index < -0.39 is 37.1 Å². The molecule has 1 fully saturated rings. The first-order chi connectivity index (χ1) is 6.28. The predicted octanol–water partition coefficient (Wildman–Crippen LogP) is 0.499. The van der Waals surface area contributed by atoms with Crippen LogP contribution in [-0.4, -0.2) is 29.2 Å². The molecule has 0 saturated carbocycles. The van der Waals surface area contributed by atoms with E-state index in [1.165, 1.54) is 0 Å². The van der Waals surface area contributed by atoms with Crippen molar-refractivity contribution in [2.75, 3.05) is 6.54 Å². The summed E-state index contributed by atoms with van der Waals surface area (Å²) in [7, 11) is 0. The lowest BCUT2D eigenvalue weighted by molar-refractivity contribution is -0.0753. The Hall–Kier alpha value is -1.05. The zero-order valence-electron chi connectivity index (χ0n) is 7.18. The van der Waals surface area contributed by atoms with Crippen molar-refractivity contribution >= 4 is 5.84 Å². The van der Waals surface area contributed by atoms with E-state index in [1.807, 2.05) is 0 Å². The minimum atomic E-state index is -3.79. The minimum Gasteiger partial charge on any atom is -0.321 e. The fourth-order valence-electron chi connectivity index (χ4n) is 1.26. The topological polar surface area (TPSA) is 67.6 Å². The fraction of sp³-hybridized carbons (Fsp3) is 0.833. The van der Waals surface area contributed by atoms with Gasteiger partial charge in [0.05, 0.1) is 6.42 Å². The van der Waals surface area contributed by atoms with Crippen LogP contribution in [-0.2, 0) is 0 Å². The molecular formula is C6H10F4N4. The van der Waals surface area contributed by atoms with Crippen LogP contribution >= 0.6 is 0 Å². The van der Waals surface area contributed by atoms with Crippen LogP contribution in [0.1, 0.15) is 12.8 Å². The maximum Gasteiger partial charge on any atom is 0.313 e. The van der Waals surface area contributed by atoms with Crippen molar-refractivity contribution < 1.29 is 17.6 Å². The van der Waals surface area contributed by atoms with E-state index in [2.05, 4.69) is 10.9 Å². The number of alkyl halides is 4. The lowest BCUT2D eigenvalue weighted by Crippen LogP contribution is -2.47. The van der Waals surface area contributed by atoms with Crippen LogP contribution in [0.2, 0.25) is 0 Å². The van der Waals surface area contributed by atoms with Crippen molar-refractivity contribution in [3.05, 3.63) is 0 Å². The highest BCUT2D eigenvalue weighted by molar-refractivity contribution is 5.88. The second-order valence-electron chi connectivity index (χ2n) is 3.13. The van der Waals surface area contributed by atoms with Gasteiger partial charge in [-0.25, -0.2) is 14.6 Å². The Balaban J connectivity index is 3.00. The van der Waals surface area contributed by atoms with Crippen LogP contribution in [0.5, 0.6) is 0 Å². The van der Waals surface area contributed by atoms with E-state index in [0.29, 0.717) is 5.01 Å². The number of hydrazine groups is 1. The smallest absolute Gasteiger partial charge is 0.313 e. The molecule has 1 rings (SSSR count). The number of nitrogens with two attached hydrogens (primary N) is 2. The standard InChI is InChI=1S/C6H10F4N4/c7-5(8)1-2-14(12)4(13-11)6(9,10)3-5/h1-3,11-12H2/b13-4-. The number of hydrogen-bond donors (Lipinski definition) is 2. The first-order valence-electron chi connectivity index (χ1n) is 3.85. The summed E-state index contributed by atoms with van der Waals surface area (Å²) >= 11 is 0. The third kappa shape index (κ3) is 2.06. The van der Waals surface area contributed by atoms with E-state index in [-0.39, 0.29) is 0 Å². The van der Waals surface area contributed by atoms with Crippen LogP contribution in [0.4, 0.5) is 17.6 Å². The van der Waals surface area contributed by atoms with Gasteiger partial charge in [-0.2, -0.15) is 13.9 Å². The number of hydrogen-bond acceptors (Lipinski definition) is 3. The Kier molecular flexibility index (Phi) is 2.57. The van der Waals surface area contributed by atoms with Gasteiger partial charge in [0.1, 0.15) is 0 Å². The number of rotatable bonds is 0. The molecule has 0 radical (unpaired) electrons. The monoisotopic (exact) mass is 214 g/mol. The molecule has 1 aliphatic heterocycles. The molecule has 1 aliphatic rings. The summed E-state index contributed by atoms with van der Waals surface area (Å²) in [6, 6.07) is 0. The molecule has 0 spiro atoms. The molecule has 0 aromatic rings. The Morgan fingerprint density at radius 1 is 1.29 bits per heavy atom. The molecule has 1 saturated heterocycles. The van der Waals surface area contributed by atoms with Crippen molar-refractivity contribution in [2.24, 2.45) is 16.8 Å². The van der Waals surface area contributed by atoms with Gasteiger partial charge in [0.25, 0.3) is 5.92 Å². The lowest BCUT2D eigenvalue weighted by atomic mass is 10.1. The molecule has 0 aromatic carbocycles. The van der Waals surface area contributed by atoms with Crippen LogP contribution in [0, 0.1) is 0 Å². The lowest BCUT2D eigenvalue weighted by Gasteiger charge is -2.22. The summed E-state index contributed by atoms with van der Waals surface area (Å²) in [6.07, 6.45) is -2.35. The molecule has 4 nitrogen and oxygen atoms in total. The second kappa shape index (κ2) is 3.26. The molecule has 0 aromatic heterocycles. The van der Waals surface area contributed by atoms with E-state index in [1.54, 1.807) is 0 Å². The molecule has 0 bridgehead atoms. The molecule has 0 amide bonds. The third-order valence-corrected chi connectivity index (χ3v) is 1.92. The molecule has 0 aliphatic carbocycles. The Morgan fingerprint density at radius 3 is 2.36 bits per heavy atom. The zero-order valence-corrected chi connectivity index (χ0v) is 7.18. The summed E-state index contributed by atoms with van der Waals surface area (Å²) in [4.78, 5) is 0. The number of hydrazone groups is 1. The molecule has 14 heavy (non-hydrogen) atoms. The van der Waals surface area contributed by atoms with Crippen molar-refractivity contribution in [2.45, 2.75) is 24.7 Å². The normalized spacial score (nSPS) is 28.9. The second-order valence-corrected chi connectivity index (χ2v) is 3.13. The van der Waals surface area contributed by atoms with Crippen molar-refractivity contribution in [3.63, 3.8) is 0 Å². The van der Waals surface area contributed by atoms with Crippen molar-refractivity contribution in [3.8, 4) is 0 Å². The van der Waals surface area contributed by atoms with E-state index in [9.17, 15) is 17.6 Å². The van der Waals surface area contributed by atoms with Crippen molar-refractivity contribution in [1.82, 2.24) is 5.01 Å². The van der Waals surface area contributed by atoms with Gasteiger partial charge in [-0.15, -0.1) is 0 Å². The molecule has 82 valence electrons. The molecule has 1 heterocycles. The number of amidine groups is 1. The van der Waals surface area contributed by atoms with E-state index in [4.69, 9.17) is 5.84 Å². The maximum absolute atomic E-state index is 13.1. The highest BCUT2D eigenvalue weighted by Crippen LogP contribution is 2.36. The fourth-order valence-corrected chi connectivity index (χ4v) is 1.26. The summed E-state index contributed by atoms with van der Waals surface area (Å²) in [5.41, 5.74) is 0. The van der Waals surface area contributed by atoms with Crippen LogP contribution < -0.4 is 11.7 Å². The van der Waals surface area contributed by atoms with Gasteiger partial charge in [0.2, 0.25) is 5.84 Å². The SMILES string of the molecule is N/N=C1\N(N)CCC(F)(F)CC1(F)F. The van der Waals surface area contributed by atoms with Crippen LogP contribution in [0.15, 0.2) is 5.10 Å². The quantitative estimate of drug-likeness (QED) is 0.350. The molecule has 0 unspecified atom stereocenters. The summed E-state index contributed by atoms with van der Waals surface area (Å²) in [5.74, 6) is 1.52. The molecule has 0 atom stereocenters. The number of halogens is 4. The first kappa shape index (κ1) is 11.0. The largest absolute Gasteiger partial charge is 0.321 e. The van der Waals surface area contributed by atoms with E-state index in [0.717, 1.165) is 0 Å². The van der Waals surface area contributed by atoms with Crippen molar-refractivity contribution in [1.29, 1.82) is 0 Å². The van der Waals surface area contributed by atoms with Gasteiger partial charge in [-0.1, -0.05) is 0 Å². The van der Waals surface area contributed by atoms with Gasteiger partial charge >= 0.3 is 5.92 Å². The zero-order chi connectivity index (χ0) is 11.0. The Labute approximate surface area is 77.5 Å². The van der Waals surface area contributed by atoms with Gasteiger partial charge in [-0.05, 0) is 0 Å². The summed E-state index contributed by atoms with van der Waals surface area (Å²) in [6.45, 7) is -0.404. The highest BCUT2D eigenvalue weighted by Gasteiger charge is 2.51. The van der Waals surface area contributed by atoms with Gasteiger partial charge in [-0.3, -0.25) is 5.01 Å². The maximum atomic E-state index is 13.1. The summed E-state index contributed by atoms with van der Waals surface area (Å²) < 4.78 is 51.7. The Bertz CT molecular complexity index is 252. The van der Waals surface area contributed by atoms with Gasteiger partial charge in [0.15, 0.2) is 0 Å².